The van der Waals surface area contributed by atoms with E-state index in [-0.39, 0.29) is 0 Å². The molecule has 0 saturated carbocycles. The van der Waals surface area contributed by atoms with Crippen molar-refractivity contribution in [2.24, 2.45) is 5.92 Å². The standard InChI is InChI=1S/C18H24N2O3/c1-3-15-10-14(8-9-22-15)12-18-19-17(20-23-18)11-13-4-6-16(21-2)7-5-13/h4-7,14-15H,3,8-12H2,1-2H3/t14-,15+/m0/s1. The Kier molecular flexibility index (Phi) is 5.28. The number of aromatic nitrogens is 2. The van der Waals surface area contributed by atoms with Crippen molar-refractivity contribution >= 4 is 0 Å². The lowest BCUT2D eigenvalue weighted by atomic mass is 9.91. The fraction of sp³-hybridized carbons (Fsp3) is 0.556. The molecule has 0 bridgehead atoms. The maximum atomic E-state index is 5.72. The summed E-state index contributed by atoms with van der Waals surface area (Å²) in [5.74, 6) is 2.93. The van der Waals surface area contributed by atoms with E-state index in [4.69, 9.17) is 14.0 Å². The molecule has 0 aliphatic carbocycles. The zero-order valence-corrected chi connectivity index (χ0v) is 13.8. The van der Waals surface area contributed by atoms with Crippen LogP contribution in [0.2, 0.25) is 0 Å². The molecule has 1 saturated heterocycles. The van der Waals surface area contributed by atoms with Crippen molar-refractivity contribution in [1.29, 1.82) is 0 Å². The third-order valence-electron chi connectivity index (χ3n) is 4.43. The fourth-order valence-corrected chi connectivity index (χ4v) is 3.05. The first kappa shape index (κ1) is 16.0. The minimum absolute atomic E-state index is 0.385. The zero-order valence-electron chi connectivity index (χ0n) is 13.8. The molecular weight excluding hydrogens is 292 g/mol. The maximum absolute atomic E-state index is 5.72. The molecular formula is C18H24N2O3. The van der Waals surface area contributed by atoms with Gasteiger partial charge < -0.3 is 14.0 Å². The van der Waals surface area contributed by atoms with Crippen LogP contribution in [0.5, 0.6) is 5.75 Å². The van der Waals surface area contributed by atoms with Crippen LogP contribution in [0.1, 0.15) is 43.5 Å². The van der Waals surface area contributed by atoms with Gasteiger partial charge in [-0.2, -0.15) is 4.98 Å². The van der Waals surface area contributed by atoms with Crippen molar-refractivity contribution in [2.45, 2.75) is 45.1 Å². The number of benzene rings is 1. The molecule has 1 aromatic carbocycles. The van der Waals surface area contributed by atoms with Gasteiger partial charge in [-0.3, -0.25) is 0 Å². The summed E-state index contributed by atoms with van der Waals surface area (Å²) >= 11 is 0. The molecule has 1 aliphatic rings. The summed E-state index contributed by atoms with van der Waals surface area (Å²) < 4.78 is 16.3. The highest BCUT2D eigenvalue weighted by atomic mass is 16.5. The lowest BCUT2D eigenvalue weighted by Crippen LogP contribution is -2.26. The largest absolute Gasteiger partial charge is 0.497 e. The first-order valence-electron chi connectivity index (χ1n) is 8.32. The Bertz CT molecular complexity index is 609. The molecule has 0 unspecified atom stereocenters. The minimum Gasteiger partial charge on any atom is -0.497 e. The van der Waals surface area contributed by atoms with E-state index in [1.807, 2.05) is 24.3 Å². The van der Waals surface area contributed by atoms with Gasteiger partial charge in [-0.15, -0.1) is 0 Å². The van der Waals surface area contributed by atoms with E-state index in [1.165, 1.54) is 0 Å². The van der Waals surface area contributed by atoms with Crippen LogP contribution < -0.4 is 4.74 Å². The van der Waals surface area contributed by atoms with E-state index < -0.39 is 0 Å². The smallest absolute Gasteiger partial charge is 0.226 e. The summed E-state index contributed by atoms with van der Waals surface area (Å²) in [6, 6.07) is 7.95. The highest BCUT2D eigenvalue weighted by Crippen LogP contribution is 2.25. The number of nitrogens with zero attached hydrogens (tertiary/aromatic N) is 2. The van der Waals surface area contributed by atoms with E-state index in [0.717, 1.165) is 55.3 Å². The molecule has 0 spiro atoms. The Labute approximate surface area is 137 Å². The summed E-state index contributed by atoms with van der Waals surface area (Å²) in [5, 5.41) is 4.11. The molecule has 2 atom stereocenters. The van der Waals surface area contributed by atoms with E-state index >= 15 is 0 Å². The van der Waals surface area contributed by atoms with Gasteiger partial charge in [0.15, 0.2) is 5.82 Å². The quantitative estimate of drug-likeness (QED) is 0.817. The van der Waals surface area contributed by atoms with E-state index in [2.05, 4.69) is 17.1 Å². The molecule has 0 amide bonds. The fourth-order valence-electron chi connectivity index (χ4n) is 3.05. The maximum Gasteiger partial charge on any atom is 0.226 e. The summed E-state index contributed by atoms with van der Waals surface area (Å²) in [5.41, 5.74) is 1.15. The van der Waals surface area contributed by atoms with Crippen LogP contribution in [0.4, 0.5) is 0 Å². The summed E-state index contributed by atoms with van der Waals surface area (Å²) in [6.07, 6.45) is 5.16. The molecule has 0 N–H and O–H groups in total. The molecule has 5 heteroatoms. The Balaban J connectivity index is 1.57. The first-order chi connectivity index (χ1) is 11.3. The Morgan fingerprint density at radius 1 is 1.26 bits per heavy atom. The molecule has 23 heavy (non-hydrogen) atoms. The van der Waals surface area contributed by atoms with Crippen LogP contribution in [0.3, 0.4) is 0 Å². The molecule has 1 fully saturated rings. The molecule has 2 aromatic rings. The monoisotopic (exact) mass is 316 g/mol. The van der Waals surface area contributed by atoms with Crippen LogP contribution in [-0.4, -0.2) is 30.0 Å². The van der Waals surface area contributed by atoms with Crippen LogP contribution in [0.25, 0.3) is 0 Å². The second-order valence-electron chi connectivity index (χ2n) is 6.12. The second kappa shape index (κ2) is 7.59. The average molecular weight is 316 g/mol. The summed E-state index contributed by atoms with van der Waals surface area (Å²) in [4.78, 5) is 4.54. The van der Waals surface area contributed by atoms with Crippen molar-refractivity contribution in [3.8, 4) is 5.75 Å². The minimum atomic E-state index is 0.385. The third kappa shape index (κ3) is 4.32. The van der Waals surface area contributed by atoms with Gasteiger partial charge in [0.2, 0.25) is 5.89 Å². The molecule has 3 rings (SSSR count). The van der Waals surface area contributed by atoms with Gasteiger partial charge in [-0.1, -0.05) is 24.2 Å². The van der Waals surface area contributed by atoms with E-state index in [0.29, 0.717) is 18.4 Å². The molecule has 1 aliphatic heterocycles. The normalized spacial score (nSPS) is 21.3. The Hall–Kier alpha value is -1.88. The Morgan fingerprint density at radius 2 is 2.09 bits per heavy atom. The van der Waals surface area contributed by atoms with Gasteiger partial charge in [0.05, 0.1) is 13.2 Å². The number of ether oxygens (including phenoxy) is 2. The molecule has 124 valence electrons. The number of hydrogen-bond acceptors (Lipinski definition) is 5. The van der Waals surface area contributed by atoms with Gasteiger partial charge in [0.1, 0.15) is 5.75 Å². The van der Waals surface area contributed by atoms with Crippen LogP contribution in [-0.2, 0) is 17.6 Å². The van der Waals surface area contributed by atoms with Crippen molar-refractivity contribution in [3.05, 3.63) is 41.5 Å². The number of methoxy groups -OCH3 is 1. The molecule has 5 nitrogen and oxygen atoms in total. The van der Waals surface area contributed by atoms with Crippen molar-refractivity contribution in [2.75, 3.05) is 13.7 Å². The van der Waals surface area contributed by atoms with E-state index in [1.54, 1.807) is 7.11 Å². The van der Waals surface area contributed by atoms with Gasteiger partial charge >= 0.3 is 0 Å². The predicted octanol–water partition coefficient (Wildman–Crippen LogP) is 3.42. The lowest BCUT2D eigenvalue weighted by Gasteiger charge is -2.27. The van der Waals surface area contributed by atoms with Gasteiger partial charge in [0.25, 0.3) is 0 Å². The van der Waals surface area contributed by atoms with Gasteiger partial charge in [-0.05, 0) is 42.9 Å². The SMILES string of the molecule is CC[C@@H]1C[C@@H](Cc2nc(Cc3ccc(OC)cc3)no2)CCO1. The molecule has 0 radical (unpaired) electrons. The lowest BCUT2D eigenvalue weighted by molar-refractivity contribution is -0.0115. The highest BCUT2D eigenvalue weighted by Gasteiger charge is 2.23. The van der Waals surface area contributed by atoms with Crippen molar-refractivity contribution in [3.63, 3.8) is 0 Å². The van der Waals surface area contributed by atoms with Gasteiger partial charge in [-0.25, -0.2) is 0 Å². The predicted molar refractivity (Wildman–Crippen MR) is 86.6 cm³/mol. The number of hydrogen-bond donors (Lipinski definition) is 0. The number of rotatable bonds is 6. The van der Waals surface area contributed by atoms with Gasteiger partial charge in [0, 0.05) is 19.4 Å². The topological polar surface area (TPSA) is 57.4 Å². The second-order valence-corrected chi connectivity index (χ2v) is 6.12. The van der Waals surface area contributed by atoms with Crippen LogP contribution in [0, 0.1) is 5.92 Å². The zero-order chi connectivity index (χ0) is 16.1. The first-order valence-corrected chi connectivity index (χ1v) is 8.32. The molecule has 1 aromatic heterocycles. The Morgan fingerprint density at radius 3 is 2.83 bits per heavy atom. The van der Waals surface area contributed by atoms with E-state index in [9.17, 15) is 0 Å². The van der Waals surface area contributed by atoms with Crippen molar-refractivity contribution in [1.82, 2.24) is 10.1 Å². The molecule has 2 heterocycles. The summed E-state index contributed by atoms with van der Waals surface area (Å²) in [7, 11) is 1.67. The highest BCUT2D eigenvalue weighted by molar-refractivity contribution is 5.28. The summed E-state index contributed by atoms with van der Waals surface area (Å²) in [6.45, 7) is 3.02. The van der Waals surface area contributed by atoms with Crippen molar-refractivity contribution < 1.29 is 14.0 Å². The average Bonchev–Trinajstić information content (AvgIpc) is 3.02. The van der Waals surface area contributed by atoms with Crippen LogP contribution in [0.15, 0.2) is 28.8 Å². The van der Waals surface area contributed by atoms with Crippen LogP contribution >= 0.6 is 0 Å². The third-order valence-corrected chi connectivity index (χ3v) is 4.43.